The fourth-order valence-corrected chi connectivity index (χ4v) is 1.33. The molecule has 6 nitrogen and oxygen atoms in total. The van der Waals surface area contributed by atoms with Crippen LogP contribution in [-0.4, -0.2) is 45.2 Å². The van der Waals surface area contributed by atoms with Crippen LogP contribution >= 0.6 is 0 Å². The van der Waals surface area contributed by atoms with E-state index in [2.05, 4.69) is 10.1 Å². The van der Waals surface area contributed by atoms with Gasteiger partial charge in [0.25, 0.3) is 0 Å². The molecule has 0 fully saturated rings. The van der Waals surface area contributed by atoms with E-state index in [9.17, 15) is 9.59 Å². The zero-order valence-corrected chi connectivity index (χ0v) is 10.8. The molecule has 0 atom stereocenters. The molecule has 2 amide bonds. The van der Waals surface area contributed by atoms with E-state index in [1.807, 2.05) is 0 Å². The molecule has 1 aromatic carbocycles. The third-order valence-corrected chi connectivity index (χ3v) is 2.29. The van der Waals surface area contributed by atoms with Crippen molar-refractivity contribution >= 4 is 17.7 Å². The zero-order chi connectivity index (χ0) is 13.7. The van der Waals surface area contributed by atoms with Crippen LogP contribution in [0.25, 0.3) is 0 Å². The maximum atomic E-state index is 11.7. The number of nitrogens with one attached hydrogen (secondary N) is 1. The summed E-state index contributed by atoms with van der Waals surface area (Å²) in [6.07, 6.45) is 0. The van der Waals surface area contributed by atoms with Gasteiger partial charge in [0.2, 0.25) is 0 Å². The maximum absolute atomic E-state index is 11.7. The van der Waals surface area contributed by atoms with E-state index in [4.69, 9.17) is 4.74 Å². The van der Waals surface area contributed by atoms with Crippen molar-refractivity contribution in [3.63, 3.8) is 0 Å². The van der Waals surface area contributed by atoms with Crippen molar-refractivity contribution in [3.8, 4) is 5.75 Å². The van der Waals surface area contributed by atoms with Crippen molar-refractivity contribution in [3.05, 3.63) is 23.8 Å². The molecule has 0 saturated carbocycles. The van der Waals surface area contributed by atoms with E-state index in [0.717, 1.165) is 0 Å². The lowest BCUT2D eigenvalue weighted by molar-refractivity contribution is 0.0601. The number of urea groups is 1. The first-order valence-electron chi connectivity index (χ1n) is 5.25. The molecule has 1 N–H and O–H groups in total. The van der Waals surface area contributed by atoms with Crippen LogP contribution in [-0.2, 0) is 4.74 Å². The molecule has 0 aliphatic carbocycles. The van der Waals surface area contributed by atoms with Crippen molar-refractivity contribution in [1.82, 2.24) is 4.90 Å². The number of nitrogens with zero attached hydrogens (tertiary/aromatic N) is 1. The minimum atomic E-state index is -0.539. The molecule has 0 bridgehead atoms. The summed E-state index contributed by atoms with van der Waals surface area (Å²) in [5, 5.41) is 2.61. The molecule has 0 spiro atoms. The molecule has 6 heteroatoms. The molecule has 18 heavy (non-hydrogen) atoms. The van der Waals surface area contributed by atoms with Gasteiger partial charge in [0.1, 0.15) is 5.75 Å². The highest BCUT2D eigenvalue weighted by Crippen LogP contribution is 2.29. The number of carbonyl (C=O) groups excluding carboxylic acids is 2. The van der Waals surface area contributed by atoms with Crippen molar-refractivity contribution in [2.24, 2.45) is 0 Å². The van der Waals surface area contributed by atoms with Crippen molar-refractivity contribution in [2.45, 2.75) is 0 Å². The van der Waals surface area contributed by atoms with Gasteiger partial charge in [-0.05, 0) is 12.1 Å². The second-order valence-corrected chi connectivity index (χ2v) is 3.70. The van der Waals surface area contributed by atoms with Gasteiger partial charge in [0.05, 0.1) is 25.5 Å². The Morgan fingerprint density at radius 3 is 2.39 bits per heavy atom. The van der Waals surface area contributed by atoms with Gasteiger partial charge in [0, 0.05) is 14.1 Å². The Morgan fingerprint density at radius 1 is 1.22 bits per heavy atom. The summed E-state index contributed by atoms with van der Waals surface area (Å²) in [7, 11) is 5.94. The van der Waals surface area contributed by atoms with Gasteiger partial charge in [-0.25, -0.2) is 9.59 Å². The third kappa shape index (κ3) is 2.91. The highest BCUT2D eigenvalue weighted by Gasteiger charge is 2.18. The van der Waals surface area contributed by atoms with Crippen molar-refractivity contribution < 1.29 is 19.1 Å². The lowest BCUT2D eigenvalue weighted by Gasteiger charge is -2.16. The Morgan fingerprint density at radius 2 is 1.89 bits per heavy atom. The van der Waals surface area contributed by atoms with Gasteiger partial charge < -0.3 is 19.7 Å². The summed E-state index contributed by atoms with van der Waals surface area (Å²) in [6.45, 7) is 0. The molecule has 0 aliphatic rings. The minimum absolute atomic E-state index is 0.243. The van der Waals surface area contributed by atoms with Crippen LogP contribution in [0, 0.1) is 0 Å². The van der Waals surface area contributed by atoms with Gasteiger partial charge in [-0.2, -0.15) is 0 Å². The number of hydrogen-bond acceptors (Lipinski definition) is 4. The van der Waals surface area contributed by atoms with E-state index in [-0.39, 0.29) is 11.6 Å². The normalized spacial score (nSPS) is 9.56. The van der Waals surface area contributed by atoms with Crippen LogP contribution in [0.5, 0.6) is 5.75 Å². The van der Waals surface area contributed by atoms with Crippen molar-refractivity contribution in [2.75, 3.05) is 33.6 Å². The number of carbonyl (C=O) groups is 2. The molecular formula is C12H16N2O4. The SMILES string of the molecule is COC(=O)c1cccc(OC)c1NC(=O)N(C)C. The Hall–Kier alpha value is -2.24. The van der Waals surface area contributed by atoms with Crippen LogP contribution in [0.4, 0.5) is 10.5 Å². The lowest BCUT2D eigenvalue weighted by atomic mass is 10.1. The second-order valence-electron chi connectivity index (χ2n) is 3.70. The molecule has 0 aromatic heterocycles. The van der Waals surface area contributed by atoms with Crippen molar-refractivity contribution in [1.29, 1.82) is 0 Å². The first kappa shape index (κ1) is 13.8. The summed E-state index contributed by atoms with van der Waals surface area (Å²) in [4.78, 5) is 24.6. The number of para-hydroxylation sites is 1. The summed E-state index contributed by atoms with van der Waals surface area (Å²) < 4.78 is 9.78. The first-order valence-corrected chi connectivity index (χ1v) is 5.25. The van der Waals surface area contributed by atoms with Crippen LogP contribution < -0.4 is 10.1 Å². The molecular weight excluding hydrogens is 236 g/mol. The quantitative estimate of drug-likeness (QED) is 0.829. The van der Waals surface area contributed by atoms with Crippen LogP contribution in [0.3, 0.4) is 0 Å². The molecule has 0 unspecified atom stereocenters. The number of anilines is 1. The molecule has 98 valence electrons. The standard InChI is InChI=1S/C12H16N2O4/c1-14(2)12(16)13-10-8(11(15)18-4)6-5-7-9(10)17-3/h5-7H,1-4H3,(H,13,16). The topological polar surface area (TPSA) is 67.9 Å². The molecule has 1 rings (SSSR count). The average Bonchev–Trinajstić information content (AvgIpc) is 2.37. The molecule has 1 aromatic rings. The Labute approximate surface area is 105 Å². The fraction of sp³-hybridized carbons (Fsp3) is 0.333. The zero-order valence-electron chi connectivity index (χ0n) is 10.8. The summed E-state index contributed by atoms with van der Waals surface area (Å²) >= 11 is 0. The van der Waals surface area contributed by atoms with Gasteiger partial charge >= 0.3 is 12.0 Å². The summed E-state index contributed by atoms with van der Waals surface area (Å²) in [6, 6.07) is 4.50. The molecule has 0 aliphatic heterocycles. The minimum Gasteiger partial charge on any atom is -0.495 e. The van der Waals surface area contributed by atoms with Gasteiger partial charge in [0.15, 0.2) is 0 Å². The fourth-order valence-electron chi connectivity index (χ4n) is 1.33. The Balaban J connectivity index is 3.20. The maximum Gasteiger partial charge on any atom is 0.340 e. The lowest BCUT2D eigenvalue weighted by Crippen LogP contribution is -2.28. The third-order valence-electron chi connectivity index (χ3n) is 2.29. The Kier molecular flexibility index (Phi) is 4.53. The summed E-state index contributed by atoms with van der Waals surface area (Å²) in [5.74, 6) is -0.143. The van der Waals surface area contributed by atoms with Gasteiger partial charge in [-0.15, -0.1) is 0 Å². The smallest absolute Gasteiger partial charge is 0.340 e. The number of benzene rings is 1. The van der Waals surface area contributed by atoms with E-state index in [0.29, 0.717) is 11.4 Å². The molecule has 0 heterocycles. The van der Waals surface area contributed by atoms with E-state index < -0.39 is 5.97 Å². The number of ether oxygens (including phenoxy) is 2. The highest BCUT2D eigenvalue weighted by atomic mass is 16.5. The van der Waals surface area contributed by atoms with E-state index >= 15 is 0 Å². The summed E-state index contributed by atoms with van der Waals surface area (Å²) in [5.41, 5.74) is 0.539. The predicted octanol–water partition coefficient (Wildman–Crippen LogP) is 1.58. The Bertz CT molecular complexity index is 457. The molecule has 0 radical (unpaired) electrons. The van der Waals surface area contributed by atoms with Crippen LogP contribution in [0.15, 0.2) is 18.2 Å². The average molecular weight is 252 g/mol. The number of amides is 2. The largest absolute Gasteiger partial charge is 0.495 e. The van der Waals surface area contributed by atoms with Crippen LogP contribution in [0.2, 0.25) is 0 Å². The highest BCUT2D eigenvalue weighted by molar-refractivity contribution is 6.02. The second kappa shape index (κ2) is 5.90. The van der Waals surface area contributed by atoms with Crippen LogP contribution in [0.1, 0.15) is 10.4 Å². The number of methoxy groups -OCH3 is 2. The predicted molar refractivity (Wildman–Crippen MR) is 67.0 cm³/mol. The monoisotopic (exact) mass is 252 g/mol. The van der Waals surface area contributed by atoms with E-state index in [1.165, 1.54) is 19.1 Å². The van der Waals surface area contributed by atoms with Gasteiger partial charge in [-0.1, -0.05) is 6.07 Å². The number of hydrogen-bond donors (Lipinski definition) is 1. The first-order chi connectivity index (χ1) is 8.51. The number of rotatable bonds is 3. The van der Waals surface area contributed by atoms with E-state index in [1.54, 1.807) is 32.3 Å². The number of esters is 1. The van der Waals surface area contributed by atoms with Gasteiger partial charge in [-0.3, -0.25) is 0 Å². The molecule has 0 saturated heterocycles.